The number of allylic oxidation sites excluding steroid dienone is 1. The number of fused-ring (bicyclic) bond motifs is 1. The molecule has 3 aromatic heterocycles. The summed E-state index contributed by atoms with van der Waals surface area (Å²) in [6.07, 6.45) is 2.83. The van der Waals surface area contributed by atoms with Gasteiger partial charge in [-0.05, 0) is 12.5 Å². The predicted octanol–water partition coefficient (Wildman–Crippen LogP) is 0.385. The van der Waals surface area contributed by atoms with Crippen LogP contribution in [0.4, 0.5) is 17.5 Å². The highest BCUT2D eigenvalue weighted by atomic mass is 15.2. The average molecular weight is 283 g/mol. The van der Waals surface area contributed by atoms with Gasteiger partial charge in [-0.1, -0.05) is 6.58 Å². The number of imidazole rings is 1. The van der Waals surface area contributed by atoms with Crippen molar-refractivity contribution in [3.63, 3.8) is 0 Å². The second kappa shape index (κ2) is 4.40. The second-order valence-electron chi connectivity index (χ2n) is 4.49. The first-order chi connectivity index (χ1) is 9.99. The van der Waals surface area contributed by atoms with Gasteiger partial charge in [-0.15, -0.1) is 0 Å². The maximum absolute atomic E-state index is 5.95. The van der Waals surface area contributed by atoms with Gasteiger partial charge in [0, 0.05) is 0 Å². The van der Waals surface area contributed by atoms with Gasteiger partial charge in [0.2, 0.25) is 0 Å². The van der Waals surface area contributed by atoms with Crippen molar-refractivity contribution in [1.82, 2.24) is 29.5 Å². The normalized spacial score (nSPS) is 10.9. The fraction of sp³-hybridized carbons (Fsp3) is 0.0833. The van der Waals surface area contributed by atoms with Crippen LogP contribution in [-0.2, 0) is 0 Å². The van der Waals surface area contributed by atoms with E-state index >= 15 is 0 Å². The first kappa shape index (κ1) is 12.8. The molecule has 0 aliphatic rings. The van der Waals surface area contributed by atoms with Crippen LogP contribution in [0, 0.1) is 0 Å². The number of rotatable bonds is 2. The second-order valence-corrected chi connectivity index (χ2v) is 4.49. The summed E-state index contributed by atoms with van der Waals surface area (Å²) < 4.78 is 1.56. The van der Waals surface area contributed by atoms with Crippen LogP contribution in [0.3, 0.4) is 0 Å². The number of nitrogens with zero attached hydrogens (tertiary/aromatic N) is 6. The van der Waals surface area contributed by atoms with Crippen LogP contribution >= 0.6 is 0 Å². The lowest BCUT2D eigenvalue weighted by molar-refractivity contribution is 0.986. The molecule has 0 unspecified atom stereocenters. The van der Waals surface area contributed by atoms with Crippen molar-refractivity contribution in [1.29, 1.82) is 0 Å². The van der Waals surface area contributed by atoms with Gasteiger partial charge in [-0.2, -0.15) is 0 Å². The molecule has 0 aliphatic heterocycles. The van der Waals surface area contributed by atoms with Crippen molar-refractivity contribution in [2.75, 3.05) is 17.2 Å². The third-order valence-corrected chi connectivity index (χ3v) is 2.92. The van der Waals surface area contributed by atoms with Gasteiger partial charge >= 0.3 is 0 Å². The Morgan fingerprint density at radius 2 is 1.81 bits per heavy atom. The van der Waals surface area contributed by atoms with E-state index in [2.05, 4.69) is 31.5 Å². The zero-order chi connectivity index (χ0) is 15.1. The Kier molecular flexibility index (Phi) is 2.68. The van der Waals surface area contributed by atoms with Crippen molar-refractivity contribution in [3.8, 4) is 5.82 Å². The third kappa shape index (κ3) is 1.91. The molecule has 0 aromatic carbocycles. The topological polar surface area (TPSA) is 147 Å². The number of hydrogen-bond donors (Lipinski definition) is 3. The molecule has 0 radical (unpaired) electrons. The van der Waals surface area contributed by atoms with E-state index in [9.17, 15) is 0 Å². The van der Waals surface area contributed by atoms with Gasteiger partial charge in [-0.3, -0.25) is 4.57 Å². The lowest BCUT2D eigenvalue weighted by Gasteiger charge is -2.10. The Labute approximate surface area is 119 Å². The monoisotopic (exact) mass is 283 g/mol. The van der Waals surface area contributed by atoms with E-state index in [1.807, 2.05) is 0 Å². The van der Waals surface area contributed by atoms with Crippen LogP contribution in [0.25, 0.3) is 22.6 Å². The predicted molar refractivity (Wildman–Crippen MR) is 80.2 cm³/mol. The Morgan fingerprint density at radius 1 is 1.05 bits per heavy atom. The lowest BCUT2D eigenvalue weighted by atomic mass is 10.2. The van der Waals surface area contributed by atoms with Crippen molar-refractivity contribution in [2.24, 2.45) is 0 Å². The maximum atomic E-state index is 5.95. The molecule has 6 N–H and O–H groups in total. The molecular weight excluding hydrogens is 270 g/mol. The molecule has 3 aromatic rings. The Morgan fingerprint density at radius 3 is 2.52 bits per heavy atom. The molecule has 9 nitrogen and oxygen atoms in total. The van der Waals surface area contributed by atoms with Gasteiger partial charge in [-0.25, -0.2) is 24.9 Å². The van der Waals surface area contributed by atoms with Crippen molar-refractivity contribution < 1.29 is 0 Å². The summed E-state index contributed by atoms with van der Waals surface area (Å²) in [5, 5.41) is 0. The minimum atomic E-state index is 0.193. The standard InChI is InChI=1S/C12H13N9/c1-5(2)6-9(14)20-12(10(15)19-6)21-4-18-7-8(13)16-3-17-11(7)21/h3-4H,1H2,2H3,(H2,14,20)(H2,15,19)(H2,13,16,17). The smallest absolute Gasteiger partial charge is 0.184 e. The first-order valence-electron chi connectivity index (χ1n) is 6.01. The molecule has 0 spiro atoms. The van der Waals surface area contributed by atoms with Gasteiger partial charge in [0.15, 0.2) is 34.4 Å². The summed E-state index contributed by atoms with van der Waals surface area (Å²) >= 11 is 0. The van der Waals surface area contributed by atoms with Crippen molar-refractivity contribution in [3.05, 3.63) is 24.9 Å². The quantitative estimate of drug-likeness (QED) is 0.611. The van der Waals surface area contributed by atoms with E-state index in [0.29, 0.717) is 28.2 Å². The van der Waals surface area contributed by atoms with E-state index in [1.165, 1.54) is 12.7 Å². The summed E-state index contributed by atoms with van der Waals surface area (Å²) in [6.45, 7) is 5.56. The number of anilines is 3. The number of hydrogen-bond acceptors (Lipinski definition) is 8. The number of nitrogens with two attached hydrogens (primary N) is 3. The molecule has 0 saturated heterocycles. The molecule has 0 aliphatic carbocycles. The molecule has 21 heavy (non-hydrogen) atoms. The molecular formula is C12H13N9. The minimum absolute atomic E-state index is 0.193. The van der Waals surface area contributed by atoms with Crippen molar-refractivity contribution >= 4 is 34.2 Å². The molecule has 0 bridgehead atoms. The molecule has 3 heterocycles. The van der Waals surface area contributed by atoms with Crippen LogP contribution in [-0.4, -0.2) is 29.5 Å². The van der Waals surface area contributed by atoms with Crippen LogP contribution in [0.15, 0.2) is 19.2 Å². The zero-order valence-electron chi connectivity index (χ0n) is 11.3. The zero-order valence-corrected chi connectivity index (χ0v) is 11.3. The van der Waals surface area contributed by atoms with E-state index in [4.69, 9.17) is 17.2 Å². The molecule has 0 amide bonds. The Hall–Kier alpha value is -3.23. The van der Waals surface area contributed by atoms with Crippen LogP contribution in [0.2, 0.25) is 0 Å². The van der Waals surface area contributed by atoms with E-state index in [1.54, 1.807) is 11.5 Å². The summed E-state index contributed by atoms with van der Waals surface area (Å²) in [5.41, 5.74) is 19.7. The summed E-state index contributed by atoms with van der Waals surface area (Å²) in [4.78, 5) is 20.7. The van der Waals surface area contributed by atoms with E-state index < -0.39 is 0 Å². The number of nitrogen functional groups attached to an aromatic ring is 3. The van der Waals surface area contributed by atoms with Gasteiger partial charge in [0.25, 0.3) is 0 Å². The SMILES string of the molecule is C=C(C)c1nc(N)c(-n2cnc3c(N)ncnc32)nc1N. The average Bonchev–Trinajstić information content (AvgIpc) is 2.86. The van der Waals surface area contributed by atoms with Crippen molar-refractivity contribution in [2.45, 2.75) is 6.92 Å². The van der Waals surface area contributed by atoms with Crippen LogP contribution < -0.4 is 17.2 Å². The minimum Gasteiger partial charge on any atom is -0.382 e. The highest BCUT2D eigenvalue weighted by molar-refractivity contribution is 5.83. The molecule has 0 fully saturated rings. The molecule has 3 rings (SSSR count). The summed E-state index contributed by atoms with van der Waals surface area (Å²) in [6, 6.07) is 0. The fourth-order valence-electron chi connectivity index (χ4n) is 1.95. The molecule has 0 saturated carbocycles. The van der Waals surface area contributed by atoms with Gasteiger partial charge < -0.3 is 17.2 Å². The highest BCUT2D eigenvalue weighted by Gasteiger charge is 2.16. The third-order valence-electron chi connectivity index (χ3n) is 2.92. The van der Waals surface area contributed by atoms with Crippen LogP contribution in [0.1, 0.15) is 12.6 Å². The van der Waals surface area contributed by atoms with E-state index in [-0.39, 0.29) is 17.5 Å². The first-order valence-corrected chi connectivity index (χ1v) is 6.01. The van der Waals surface area contributed by atoms with Gasteiger partial charge in [0.1, 0.15) is 18.3 Å². The highest BCUT2D eigenvalue weighted by Crippen LogP contribution is 2.24. The Bertz CT molecular complexity index is 865. The maximum Gasteiger partial charge on any atom is 0.184 e. The summed E-state index contributed by atoms with van der Waals surface area (Å²) in [5.74, 6) is 1.03. The Balaban J connectivity index is 2.26. The van der Waals surface area contributed by atoms with Gasteiger partial charge in [0.05, 0.1) is 0 Å². The number of aromatic nitrogens is 6. The van der Waals surface area contributed by atoms with E-state index in [0.717, 1.165) is 0 Å². The molecule has 9 heteroatoms. The largest absolute Gasteiger partial charge is 0.382 e. The fourth-order valence-corrected chi connectivity index (χ4v) is 1.95. The molecule has 106 valence electrons. The van der Waals surface area contributed by atoms with Crippen LogP contribution in [0.5, 0.6) is 0 Å². The lowest BCUT2D eigenvalue weighted by Crippen LogP contribution is -2.10. The molecule has 0 atom stereocenters. The summed E-state index contributed by atoms with van der Waals surface area (Å²) in [7, 11) is 0.